The molecule has 8 nitrogen and oxygen atoms in total. The molecule has 0 aromatic carbocycles. The highest BCUT2D eigenvalue weighted by molar-refractivity contribution is 5.91. The molecule has 26 heavy (non-hydrogen) atoms. The van der Waals surface area contributed by atoms with Gasteiger partial charge in [0.2, 0.25) is 0 Å². The summed E-state index contributed by atoms with van der Waals surface area (Å²) in [4.78, 5) is 14.9. The molecular weight excluding hydrogens is 332 g/mol. The normalized spacial score (nSPS) is 25.8. The lowest BCUT2D eigenvalue weighted by atomic mass is 10.00. The lowest BCUT2D eigenvalue weighted by Gasteiger charge is -2.30. The van der Waals surface area contributed by atoms with Crippen molar-refractivity contribution in [3.63, 3.8) is 0 Å². The first-order valence-corrected chi connectivity index (χ1v) is 9.92. The fourth-order valence-corrected chi connectivity index (χ4v) is 4.00. The average Bonchev–Trinajstić information content (AvgIpc) is 3.28. The first kappa shape index (κ1) is 17.9. The summed E-state index contributed by atoms with van der Waals surface area (Å²) in [7, 11) is 0. The highest BCUT2D eigenvalue weighted by Crippen LogP contribution is 2.45. The summed E-state index contributed by atoms with van der Waals surface area (Å²) in [5, 5.41) is 14.7. The summed E-state index contributed by atoms with van der Waals surface area (Å²) < 4.78 is 7.23. The Kier molecular flexibility index (Phi) is 5.52. The predicted octanol–water partition coefficient (Wildman–Crippen LogP) is 0.120. The van der Waals surface area contributed by atoms with E-state index < -0.39 is 0 Å². The van der Waals surface area contributed by atoms with Crippen LogP contribution < -0.4 is 10.6 Å². The van der Waals surface area contributed by atoms with Crippen LogP contribution in [-0.4, -0.2) is 78.3 Å². The van der Waals surface area contributed by atoms with Gasteiger partial charge in [-0.2, -0.15) is 0 Å². The van der Waals surface area contributed by atoms with Crippen LogP contribution in [0.1, 0.15) is 36.2 Å². The van der Waals surface area contributed by atoms with E-state index in [2.05, 4.69) is 25.8 Å². The zero-order valence-electron chi connectivity index (χ0n) is 15.5. The molecular formula is C18H30N6O2. The summed E-state index contributed by atoms with van der Waals surface area (Å²) in [6.45, 7) is 8.37. The monoisotopic (exact) mass is 362 g/mol. The number of rotatable bonds is 7. The van der Waals surface area contributed by atoms with E-state index in [1.807, 2.05) is 4.68 Å². The van der Waals surface area contributed by atoms with Crippen molar-refractivity contribution in [3.05, 3.63) is 11.9 Å². The zero-order chi connectivity index (χ0) is 17.8. The van der Waals surface area contributed by atoms with Gasteiger partial charge < -0.3 is 15.4 Å². The Bertz CT molecular complexity index is 603. The van der Waals surface area contributed by atoms with Crippen LogP contribution in [0.4, 0.5) is 0 Å². The van der Waals surface area contributed by atoms with E-state index in [4.69, 9.17) is 4.74 Å². The van der Waals surface area contributed by atoms with Gasteiger partial charge in [0, 0.05) is 38.1 Å². The first-order chi connectivity index (χ1) is 12.7. The number of piperidine rings is 1. The smallest absolute Gasteiger partial charge is 0.273 e. The Morgan fingerprint density at radius 1 is 1.38 bits per heavy atom. The Morgan fingerprint density at radius 2 is 2.23 bits per heavy atom. The fourth-order valence-electron chi connectivity index (χ4n) is 4.00. The molecule has 2 aliphatic heterocycles. The molecule has 2 N–H and O–H groups in total. The summed E-state index contributed by atoms with van der Waals surface area (Å²) in [6, 6.07) is 0. The van der Waals surface area contributed by atoms with Crippen LogP contribution in [0.3, 0.4) is 0 Å². The summed E-state index contributed by atoms with van der Waals surface area (Å²) in [5.41, 5.74) is 0.674. The summed E-state index contributed by atoms with van der Waals surface area (Å²) in [5.74, 6) is 0.468. The minimum atomic E-state index is -0.105. The van der Waals surface area contributed by atoms with Crippen molar-refractivity contribution in [2.24, 2.45) is 11.3 Å². The lowest BCUT2D eigenvalue weighted by molar-refractivity contribution is 0.0283. The van der Waals surface area contributed by atoms with Crippen LogP contribution >= 0.6 is 0 Å². The van der Waals surface area contributed by atoms with Gasteiger partial charge in [-0.05, 0) is 44.7 Å². The van der Waals surface area contributed by atoms with Crippen molar-refractivity contribution in [3.8, 4) is 0 Å². The second kappa shape index (κ2) is 8.02. The maximum Gasteiger partial charge on any atom is 0.273 e. The minimum absolute atomic E-state index is 0.105. The number of nitrogens with one attached hydrogen (secondary N) is 2. The van der Waals surface area contributed by atoms with E-state index in [1.165, 1.54) is 25.7 Å². The number of hydrogen-bond donors (Lipinski definition) is 2. The molecule has 1 saturated carbocycles. The number of amides is 1. The van der Waals surface area contributed by atoms with Crippen LogP contribution in [0.25, 0.3) is 0 Å². The third-order valence-corrected chi connectivity index (χ3v) is 5.86. The molecule has 1 aromatic heterocycles. The summed E-state index contributed by atoms with van der Waals surface area (Å²) in [6.07, 6.45) is 6.57. The number of hydrogen-bond acceptors (Lipinski definition) is 6. The van der Waals surface area contributed by atoms with Gasteiger partial charge in [0.25, 0.3) is 5.91 Å². The molecule has 8 heteroatoms. The average molecular weight is 362 g/mol. The van der Waals surface area contributed by atoms with Gasteiger partial charge >= 0.3 is 0 Å². The topological polar surface area (TPSA) is 84.3 Å². The van der Waals surface area contributed by atoms with Crippen LogP contribution in [-0.2, 0) is 11.3 Å². The number of ether oxygens (including phenoxy) is 1. The number of morpholine rings is 1. The highest BCUT2D eigenvalue weighted by Gasteiger charge is 2.44. The molecule has 4 rings (SSSR count). The molecule has 1 aliphatic carbocycles. The van der Waals surface area contributed by atoms with Crippen molar-refractivity contribution in [2.45, 2.75) is 32.2 Å². The van der Waals surface area contributed by atoms with Crippen molar-refractivity contribution in [1.82, 2.24) is 30.5 Å². The van der Waals surface area contributed by atoms with E-state index in [1.54, 1.807) is 6.20 Å². The SMILES string of the molecule is O=C(NCC1(CN2CCOCC2)CC1)c1cn(C[C@H]2CCCNC2)nn1. The van der Waals surface area contributed by atoms with E-state index in [-0.39, 0.29) is 11.3 Å². The third kappa shape index (κ3) is 4.61. The molecule has 3 fully saturated rings. The van der Waals surface area contributed by atoms with Gasteiger partial charge in [-0.25, -0.2) is 0 Å². The molecule has 0 radical (unpaired) electrons. The van der Waals surface area contributed by atoms with E-state index in [0.717, 1.165) is 59.0 Å². The van der Waals surface area contributed by atoms with Crippen LogP contribution in [0.2, 0.25) is 0 Å². The number of aromatic nitrogens is 3. The Labute approximate surface area is 154 Å². The number of nitrogens with zero attached hydrogens (tertiary/aromatic N) is 4. The Hall–Kier alpha value is -1.51. The van der Waals surface area contributed by atoms with Crippen LogP contribution in [0.5, 0.6) is 0 Å². The van der Waals surface area contributed by atoms with E-state index >= 15 is 0 Å². The summed E-state index contributed by atoms with van der Waals surface area (Å²) >= 11 is 0. The standard InChI is InChI=1S/C18H30N6O2/c25-17(16-12-24(22-21-16)11-15-2-1-5-19-10-15)20-13-18(3-4-18)14-23-6-8-26-9-7-23/h12,15,19H,1-11,13-14H2,(H,20,25)/t15-/m0/s1. The van der Waals surface area contributed by atoms with E-state index in [0.29, 0.717) is 11.6 Å². The molecule has 3 heterocycles. The van der Waals surface area contributed by atoms with Gasteiger partial charge in [0.15, 0.2) is 5.69 Å². The van der Waals surface area contributed by atoms with Gasteiger partial charge in [-0.1, -0.05) is 5.21 Å². The second-order valence-corrected chi connectivity index (χ2v) is 8.11. The molecule has 0 unspecified atom stereocenters. The van der Waals surface area contributed by atoms with Gasteiger partial charge in [-0.15, -0.1) is 5.10 Å². The highest BCUT2D eigenvalue weighted by atomic mass is 16.5. The predicted molar refractivity (Wildman–Crippen MR) is 96.9 cm³/mol. The van der Waals surface area contributed by atoms with E-state index in [9.17, 15) is 4.79 Å². The Morgan fingerprint density at radius 3 is 2.96 bits per heavy atom. The quantitative estimate of drug-likeness (QED) is 0.717. The lowest BCUT2D eigenvalue weighted by Crippen LogP contribution is -2.43. The molecule has 3 aliphatic rings. The molecule has 1 amide bonds. The number of carbonyl (C=O) groups is 1. The number of carbonyl (C=O) groups excluding carboxylic acids is 1. The van der Waals surface area contributed by atoms with Crippen molar-refractivity contribution < 1.29 is 9.53 Å². The first-order valence-electron chi connectivity index (χ1n) is 9.92. The van der Waals surface area contributed by atoms with Gasteiger partial charge in [0.05, 0.1) is 19.4 Å². The fraction of sp³-hybridized carbons (Fsp3) is 0.833. The largest absolute Gasteiger partial charge is 0.379 e. The maximum atomic E-state index is 12.4. The molecule has 1 atom stereocenters. The molecule has 2 saturated heterocycles. The molecule has 1 aromatic rings. The van der Waals surface area contributed by atoms with Gasteiger partial charge in [-0.3, -0.25) is 14.4 Å². The Balaban J connectivity index is 1.24. The minimum Gasteiger partial charge on any atom is -0.379 e. The van der Waals surface area contributed by atoms with Crippen LogP contribution in [0, 0.1) is 11.3 Å². The molecule has 0 spiro atoms. The maximum absolute atomic E-state index is 12.4. The second-order valence-electron chi connectivity index (χ2n) is 8.11. The molecule has 0 bridgehead atoms. The van der Waals surface area contributed by atoms with Crippen molar-refractivity contribution >= 4 is 5.91 Å². The molecule has 144 valence electrons. The third-order valence-electron chi connectivity index (χ3n) is 5.86. The zero-order valence-corrected chi connectivity index (χ0v) is 15.5. The van der Waals surface area contributed by atoms with Gasteiger partial charge in [0.1, 0.15) is 0 Å². The van der Waals surface area contributed by atoms with Crippen molar-refractivity contribution in [2.75, 3.05) is 52.5 Å². The van der Waals surface area contributed by atoms with Crippen molar-refractivity contribution in [1.29, 1.82) is 0 Å². The van der Waals surface area contributed by atoms with Crippen LogP contribution in [0.15, 0.2) is 6.20 Å².